The molecule has 2 aromatic rings. The Morgan fingerprint density at radius 3 is 2.75 bits per heavy atom. The zero-order valence-electron chi connectivity index (χ0n) is 8.99. The average molecular weight is 216 g/mol. The van der Waals surface area contributed by atoms with Crippen molar-refractivity contribution in [1.82, 2.24) is 4.98 Å². The Bertz CT molecular complexity index is 556. The third-order valence-electron chi connectivity index (χ3n) is 2.80. The normalized spacial score (nSPS) is 13.3. The first-order chi connectivity index (χ1) is 7.78. The molecule has 1 aromatic heterocycles. The predicted molar refractivity (Wildman–Crippen MR) is 61.7 cm³/mol. The van der Waals surface area contributed by atoms with E-state index in [1.54, 1.807) is 0 Å². The zero-order valence-corrected chi connectivity index (χ0v) is 8.99. The van der Waals surface area contributed by atoms with E-state index in [-0.39, 0.29) is 6.79 Å². The van der Waals surface area contributed by atoms with Crippen molar-refractivity contribution >= 4 is 16.7 Å². The Balaban J connectivity index is 2.28. The third kappa shape index (κ3) is 1.26. The molecule has 2 N–H and O–H groups in total. The van der Waals surface area contributed by atoms with Crippen LogP contribution in [0.15, 0.2) is 18.2 Å². The number of benzene rings is 1. The summed E-state index contributed by atoms with van der Waals surface area (Å²) in [6, 6.07) is 5.87. The molecule has 0 atom stereocenters. The summed E-state index contributed by atoms with van der Waals surface area (Å²) in [4.78, 5) is 4.37. The standard InChI is InChI=1S/C12H12N2O2/c1-2-7-3-8-4-10-11(16-6-15-10)5-9(8)14-12(7)13/h3-5H,2,6H2,1H3,(H2,13,14). The summed E-state index contributed by atoms with van der Waals surface area (Å²) >= 11 is 0. The Labute approximate surface area is 93.0 Å². The van der Waals surface area contributed by atoms with Gasteiger partial charge < -0.3 is 15.2 Å². The number of nitrogens with zero attached hydrogens (tertiary/aromatic N) is 1. The monoisotopic (exact) mass is 216 g/mol. The maximum atomic E-state index is 5.86. The smallest absolute Gasteiger partial charge is 0.231 e. The lowest BCUT2D eigenvalue weighted by Gasteiger charge is -2.05. The predicted octanol–water partition coefficient (Wildman–Crippen LogP) is 2.11. The van der Waals surface area contributed by atoms with Crippen LogP contribution in [0.5, 0.6) is 11.5 Å². The second kappa shape index (κ2) is 3.27. The van der Waals surface area contributed by atoms with Crippen molar-refractivity contribution in [2.24, 2.45) is 0 Å². The van der Waals surface area contributed by atoms with Crippen LogP contribution in [0.25, 0.3) is 10.9 Å². The number of ether oxygens (including phenoxy) is 2. The van der Waals surface area contributed by atoms with Gasteiger partial charge in [0.2, 0.25) is 6.79 Å². The molecule has 4 heteroatoms. The Morgan fingerprint density at radius 2 is 2.00 bits per heavy atom. The molecular formula is C12H12N2O2. The highest BCUT2D eigenvalue weighted by atomic mass is 16.7. The fourth-order valence-electron chi connectivity index (χ4n) is 1.91. The molecule has 16 heavy (non-hydrogen) atoms. The SMILES string of the molecule is CCc1cc2cc3c(cc2nc1N)OCO3. The van der Waals surface area contributed by atoms with E-state index in [4.69, 9.17) is 15.2 Å². The van der Waals surface area contributed by atoms with E-state index in [0.717, 1.165) is 34.4 Å². The number of anilines is 1. The molecule has 0 unspecified atom stereocenters. The molecule has 82 valence electrons. The van der Waals surface area contributed by atoms with Gasteiger partial charge in [-0.05, 0) is 24.1 Å². The van der Waals surface area contributed by atoms with Gasteiger partial charge in [-0.25, -0.2) is 4.98 Å². The van der Waals surface area contributed by atoms with Gasteiger partial charge in [-0.2, -0.15) is 0 Å². The molecule has 0 saturated heterocycles. The number of aryl methyl sites for hydroxylation is 1. The second-order valence-electron chi connectivity index (χ2n) is 3.78. The minimum Gasteiger partial charge on any atom is -0.454 e. The van der Waals surface area contributed by atoms with Crippen LogP contribution in [-0.4, -0.2) is 11.8 Å². The van der Waals surface area contributed by atoms with Crippen molar-refractivity contribution in [2.75, 3.05) is 12.5 Å². The minimum atomic E-state index is 0.280. The largest absolute Gasteiger partial charge is 0.454 e. The van der Waals surface area contributed by atoms with Crippen LogP contribution in [0.2, 0.25) is 0 Å². The Morgan fingerprint density at radius 1 is 1.25 bits per heavy atom. The van der Waals surface area contributed by atoms with Crippen molar-refractivity contribution in [3.8, 4) is 11.5 Å². The van der Waals surface area contributed by atoms with Crippen LogP contribution in [0.3, 0.4) is 0 Å². The Hall–Kier alpha value is -1.97. The molecule has 0 amide bonds. The van der Waals surface area contributed by atoms with Crippen LogP contribution in [-0.2, 0) is 6.42 Å². The summed E-state index contributed by atoms with van der Waals surface area (Å²) in [5.41, 5.74) is 7.77. The lowest BCUT2D eigenvalue weighted by Crippen LogP contribution is -1.97. The van der Waals surface area contributed by atoms with E-state index in [1.807, 2.05) is 12.1 Å². The van der Waals surface area contributed by atoms with Gasteiger partial charge in [0.05, 0.1) is 5.52 Å². The fourth-order valence-corrected chi connectivity index (χ4v) is 1.91. The van der Waals surface area contributed by atoms with Crippen LogP contribution >= 0.6 is 0 Å². The summed E-state index contributed by atoms with van der Waals surface area (Å²) in [6.07, 6.45) is 0.878. The maximum absolute atomic E-state index is 5.86. The number of fused-ring (bicyclic) bond motifs is 2. The third-order valence-corrected chi connectivity index (χ3v) is 2.80. The van der Waals surface area contributed by atoms with E-state index >= 15 is 0 Å². The Kier molecular flexibility index (Phi) is 1.89. The van der Waals surface area contributed by atoms with E-state index < -0.39 is 0 Å². The highest BCUT2D eigenvalue weighted by Crippen LogP contribution is 2.36. The van der Waals surface area contributed by atoms with Gasteiger partial charge in [-0.3, -0.25) is 0 Å². The van der Waals surface area contributed by atoms with Gasteiger partial charge in [0.25, 0.3) is 0 Å². The molecular weight excluding hydrogens is 204 g/mol. The molecule has 0 spiro atoms. The zero-order chi connectivity index (χ0) is 11.1. The van der Waals surface area contributed by atoms with Crippen molar-refractivity contribution < 1.29 is 9.47 Å². The van der Waals surface area contributed by atoms with E-state index in [2.05, 4.69) is 18.0 Å². The lowest BCUT2D eigenvalue weighted by atomic mass is 10.1. The van der Waals surface area contributed by atoms with Crippen molar-refractivity contribution in [3.05, 3.63) is 23.8 Å². The van der Waals surface area contributed by atoms with Gasteiger partial charge in [0, 0.05) is 11.5 Å². The fraction of sp³-hybridized carbons (Fsp3) is 0.250. The van der Waals surface area contributed by atoms with Crippen molar-refractivity contribution in [1.29, 1.82) is 0 Å². The molecule has 0 saturated carbocycles. The van der Waals surface area contributed by atoms with Crippen molar-refractivity contribution in [3.63, 3.8) is 0 Å². The lowest BCUT2D eigenvalue weighted by molar-refractivity contribution is 0.174. The quantitative estimate of drug-likeness (QED) is 0.793. The number of nitrogens with two attached hydrogens (primary N) is 1. The van der Waals surface area contributed by atoms with Crippen LogP contribution in [0.4, 0.5) is 5.82 Å². The molecule has 0 fully saturated rings. The van der Waals surface area contributed by atoms with Gasteiger partial charge in [0.15, 0.2) is 11.5 Å². The molecule has 0 aliphatic carbocycles. The topological polar surface area (TPSA) is 57.4 Å². The van der Waals surface area contributed by atoms with Crippen LogP contribution < -0.4 is 15.2 Å². The minimum absolute atomic E-state index is 0.280. The molecule has 0 radical (unpaired) electrons. The van der Waals surface area contributed by atoms with Gasteiger partial charge in [-0.1, -0.05) is 6.92 Å². The van der Waals surface area contributed by atoms with E-state index in [0.29, 0.717) is 5.82 Å². The molecule has 1 aromatic carbocycles. The molecule has 0 bridgehead atoms. The molecule has 1 aliphatic heterocycles. The van der Waals surface area contributed by atoms with Crippen LogP contribution in [0, 0.1) is 0 Å². The van der Waals surface area contributed by atoms with Gasteiger partial charge >= 0.3 is 0 Å². The second-order valence-corrected chi connectivity index (χ2v) is 3.78. The first kappa shape index (κ1) is 9.27. The summed E-state index contributed by atoms with van der Waals surface area (Å²) < 4.78 is 10.6. The summed E-state index contributed by atoms with van der Waals surface area (Å²) in [5, 5.41) is 1.04. The number of rotatable bonds is 1. The maximum Gasteiger partial charge on any atom is 0.231 e. The molecule has 1 aliphatic rings. The summed E-state index contributed by atoms with van der Waals surface area (Å²) in [5.74, 6) is 2.11. The first-order valence-corrected chi connectivity index (χ1v) is 5.26. The summed E-state index contributed by atoms with van der Waals surface area (Å²) in [7, 11) is 0. The highest BCUT2D eigenvalue weighted by molar-refractivity contribution is 5.85. The number of hydrogen-bond acceptors (Lipinski definition) is 4. The first-order valence-electron chi connectivity index (χ1n) is 5.26. The van der Waals surface area contributed by atoms with Crippen molar-refractivity contribution in [2.45, 2.75) is 13.3 Å². The number of pyridine rings is 1. The molecule has 4 nitrogen and oxygen atoms in total. The molecule has 2 heterocycles. The highest BCUT2D eigenvalue weighted by Gasteiger charge is 2.15. The average Bonchev–Trinajstić information content (AvgIpc) is 2.72. The summed E-state index contributed by atoms with van der Waals surface area (Å²) in [6.45, 7) is 2.34. The number of hydrogen-bond donors (Lipinski definition) is 1. The number of nitrogen functional groups attached to an aromatic ring is 1. The van der Waals surface area contributed by atoms with Gasteiger partial charge in [0.1, 0.15) is 5.82 Å². The van der Waals surface area contributed by atoms with E-state index in [1.165, 1.54) is 0 Å². The number of aromatic nitrogens is 1. The molecule has 3 rings (SSSR count). The van der Waals surface area contributed by atoms with E-state index in [9.17, 15) is 0 Å². The van der Waals surface area contributed by atoms with Crippen LogP contribution in [0.1, 0.15) is 12.5 Å². The van der Waals surface area contributed by atoms with Gasteiger partial charge in [-0.15, -0.1) is 0 Å².